The van der Waals surface area contributed by atoms with E-state index in [1.807, 2.05) is 43.4 Å². The quantitative estimate of drug-likeness (QED) is 0.315. The Kier molecular flexibility index (Phi) is 8.05. The van der Waals surface area contributed by atoms with E-state index in [0.717, 1.165) is 0 Å². The molecule has 0 aliphatic carbocycles. The van der Waals surface area contributed by atoms with Crippen LogP contribution in [0.1, 0.15) is 39.2 Å². The maximum atomic E-state index is 14.6. The summed E-state index contributed by atoms with van der Waals surface area (Å²) in [4.78, 5) is 14.0. The van der Waals surface area contributed by atoms with Gasteiger partial charge in [0.1, 0.15) is 11.4 Å². The van der Waals surface area contributed by atoms with Crippen molar-refractivity contribution in [3.8, 4) is 0 Å². The number of hydrogen-bond acceptors (Lipinski definition) is 3. The minimum atomic E-state index is -0.557. The molecule has 8 heteroatoms. The Bertz CT molecular complexity index is 697. The average molecular weight is 532 g/mol. The molecule has 4 nitrogen and oxygen atoms in total. The van der Waals surface area contributed by atoms with Gasteiger partial charge in [-0.15, -0.1) is 0 Å². The first kappa shape index (κ1) is 23.0. The van der Waals surface area contributed by atoms with E-state index >= 15 is 0 Å². The molecule has 1 aromatic rings. The summed E-state index contributed by atoms with van der Waals surface area (Å²) in [5.41, 5.74) is -0.0813. The number of hydrogen-bond donors (Lipinski definition) is 1. The summed E-state index contributed by atoms with van der Waals surface area (Å²) in [5, 5.41) is 9.92. The summed E-state index contributed by atoms with van der Waals surface area (Å²) in [6.45, 7) is 6.52. The van der Waals surface area contributed by atoms with Crippen LogP contribution in [0.4, 0.5) is 9.18 Å². The first-order valence-corrected chi connectivity index (χ1v) is 10.8. The third-order valence-electron chi connectivity index (χ3n) is 4.70. The molecule has 152 valence electrons. The number of likely N-dealkylation sites (tertiary alicyclic amines) is 1. The van der Waals surface area contributed by atoms with Crippen LogP contribution in [0.25, 0.3) is 0 Å². The Morgan fingerprint density at radius 1 is 1.41 bits per heavy atom. The largest absolute Gasteiger partial charge is 0.444 e. The van der Waals surface area contributed by atoms with E-state index in [1.54, 1.807) is 11.0 Å². The summed E-state index contributed by atoms with van der Waals surface area (Å²) >= 11 is 14.1. The first-order valence-electron chi connectivity index (χ1n) is 8.94. The van der Waals surface area contributed by atoms with Crippen molar-refractivity contribution >= 4 is 51.9 Å². The topological polar surface area (TPSA) is 49.8 Å². The lowest BCUT2D eigenvalue weighted by molar-refractivity contribution is 0.00778. The standard InChI is InChI=1S/C19H25Cl2FINO3/c1-19(2,3)27-18(26)24-6-4-11(12(10-24)5-7-25)8-13-9-14(20)17(23)15(21)16(13)22/h9,11-12,25H,4-8,10H2,1-3H3/t11?,12-/m0/s1. The van der Waals surface area contributed by atoms with E-state index in [9.17, 15) is 14.3 Å². The number of aliphatic hydroxyl groups is 1. The predicted molar refractivity (Wildman–Crippen MR) is 114 cm³/mol. The molecule has 2 rings (SSSR count). The molecule has 2 atom stereocenters. The van der Waals surface area contributed by atoms with Crippen molar-refractivity contribution in [1.29, 1.82) is 0 Å². The molecule has 0 saturated carbocycles. The van der Waals surface area contributed by atoms with Crippen LogP contribution < -0.4 is 0 Å². The number of carbonyl (C=O) groups excluding carboxylic acids is 1. The summed E-state index contributed by atoms with van der Waals surface area (Å²) in [5.74, 6) is -0.271. The molecule has 1 fully saturated rings. The lowest BCUT2D eigenvalue weighted by atomic mass is 9.79. The number of aliphatic hydroxyl groups excluding tert-OH is 1. The number of ether oxygens (including phenoxy) is 1. The second-order valence-corrected chi connectivity index (χ2v) is 9.77. The van der Waals surface area contributed by atoms with Crippen LogP contribution >= 0.6 is 45.8 Å². The summed E-state index contributed by atoms with van der Waals surface area (Å²) in [7, 11) is 0. The number of amides is 1. The third-order valence-corrected chi connectivity index (χ3v) is 7.11. The molecule has 1 saturated heterocycles. The lowest BCUT2D eigenvalue weighted by Crippen LogP contribution is -2.46. The Labute approximate surface area is 183 Å². The van der Waals surface area contributed by atoms with Gasteiger partial charge in [-0.1, -0.05) is 23.2 Å². The van der Waals surface area contributed by atoms with Crippen LogP contribution in [-0.2, 0) is 11.2 Å². The van der Waals surface area contributed by atoms with Crippen molar-refractivity contribution in [2.75, 3.05) is 19.7 Å². The highest BCUT2D eigenvalue weighted by Gasteiger charge is 2.34. The zero-order valence-electron chi connectivity index (χ0n) is 15.7. The Hall–Kier alpha value is -0.310. The van der Waals surface area contributed by atoms with E-state index in [1.165, 1.54) is 0 Å². The van der Waals surface area contributed by atoms with Crippen LogP contribution in [-0.4, -0.2) is 41.4 Å². The van der Waals surface area contributed by atoms with Crippen molar-refractivity contribution in [1.82, 2.24) is 4.90 Å². The normalized spacial score (nSPS) is 20.7. The minimum absolute atomic E-state index is 0.0139. The number of halogens is 4. The number of rotatable bonds is 4. The summed E-state index contributed by atoms with van der Waals surface area (Å²) < 4.78 is 20.5. The van der Waals surface area contributed by atoms with Gasteiger partial charge in [0.2, 0.25) is 0 Å². The maximum Gasteiger partial charge on any atom is 0.410 e. The van der Waals surface area contributed by atoms with E-state index in [2.05, 4.69) is 0 Å². The average Bonchev–Trinajstić information content (AvgIpc) is 2.57. The molecule has 1 aliphatic heterocycles. The number of benzene rings is 1. The van der Waals surface area contributed by atoms with E-state index < -0.39 is 11.4 Å². The highest BCUT2D eigenvalue weighted by molar-refractivity contribution is 14.1. The Morgan fingerprint density at radius 2 is 2.07 bits per heavy atom. The minimum Gasteiger partial charge on any atom is -0.444 e. The van der Waals surface area contributed by atoms with Gasteiger partial charge in [0.15, 0.2) is 0 Å². The van der Waals surface area contributed by atoms with E-state index in [0.29, 0.717) is 46.5 Å². The van der Waals surface area contributed by atoms with Gasteiger partial charge in [-0.25, -0.2) is 9.18 Å². The molecule has 1 heterocycles. The van der Waals surface area contributed by atoms with Gasteiger partial charge in [0.25, 0.3) is 0 Å². The van der Waals surface area contributed by atoms with Crippen LogP contribution in [0.3, 0.4) is 0 Å². The molecule has 0 spiro atoms. The van der Waals surface area contributed by atoms with Crippen molar-refractivity contribution in [3.05, 3.63) is 31.1 Å². The smallest absolute Gasteiger partial charge is 0.410 e. The van der Waals surface area contributed by atoms with Gasteiger partial charge < -0.3 is 14.7 Å². The molecular formula is C19H25Cl2FINO3. The second-order valence-electron chi connectivity index (χ2n) is 7.91. The van der Waals surface area contributed by atoms with Crippen molar-refractivity contribution in [3.63, 3.8) is 0 Å². The van der Waals surface area contributed by atoms with Crippen LogP contribution in [0, 0.1) is 21.2 Å². The highest BCUT2D eigenvalue weighted by atomic mass is 127. The van der Waals surface area contributed by atoms with E-state index in [4.69, 9.17) is 27.9 Å². The number of carbonyl (C=O) groups is 1. The maximum absolute atomic E-state index is 14.6. The zero-order chi connectivity index (χ0) is 20.4. The molecule has 0 radical (unpaired) electrons. The molecule has 1 aromatic carbocycles. The summed E-state index contributed by atoms with van der Waals surface area (Å²) in [6, 6.07) is 1.63. The van der Waals surface area contributed by atoms with Crippen LogP contribution in [0.2, 0.25) is 10.0 Å². The third kappa shape index (κ3) is 6.08. The van der Waals surface area contributed by atoms with Crippen LogP contribution in [0.15, 0.2) is 6.07 Å². The van der Waals surface area contributed by atoms with Crippen LogP contribution in [0.5, 0.6) is 0 Å². The van der Waals surface area contributed by atoms with Gasteiger partial charge >= 0.3 is 6.09 Å². The molecule has 1 unspecified atom stereocenters. The van der Waals surface area contributed by atoms with Gasteiger partial charge in [-0.2, -0.15) is 0 Å². The second kappa shape index (κ2) is 9.46. The fourth-order valence-corrected chi connectivity index (χ4v) is 4.28. The van der Waals surface area contributed by atoms with Crippen molar-refractivity contribution in [2.24, 2.45) is 11.8 Å². The molecule has 1 amide bonds. The molecule has 27 heavy (non-hydrogen) atoms. The summed E-state index contributed by atoms with van der Waals surface area (Å²) in [6.07, 6.45) is 1.35. The van der Waals surface area contributed by atoms with Crippen molar-refractivity contribution < 1.29 is 19.0 Å². The lowest BCUT2D eigenvalue weighted by Gasteiger charge is -2.39. The molecule has 0 aromatic heterocycles. The number of piperidine rings is 1. The van der Waals surface area contributed by atoms with Gasteiger partial charge in [0.05, 0.1) is 13.6 Å². The van der Waals surface area contributed by atoms with Gasteiger partial charge in [0, 0.05) is 19.7 Å². The van der Waals surface area contributed by atoms with Crippen molar-refractivity contribution in [2.45, 2.75) is 45.6 Å². The first-order chi connectivity index (χ1) is 12.5. The Morgan fingerprint density at radius 3 is 2.67 bits per heavy atom. The fraction of sp³-hybridized carbons (Fsp3) is 0.632. The Balaban J connectivity index is 2.14. The zero-order valence-corrected chi connectivity index (χ0v) is 19.4. The van der Waals surface area contributed by atoms with Gasteiger partial charge in [-0.3, -0.25) is 0 Å². The molecule has 0 bridgehead atoms. The monoisotopic (exact) mass is 531 g/mol. The molecular weight excluding hydrogens is 507 g/mol. The SMILES string of the molecule is CC(C)(C)OC(=O)N1CCC(Cc2cc(Cl)c(I)c(Cl)c2F)[C@@H](CCO)C1. The molecule has 1 N–H and O–H groups in total. The van der Waals surface area contributed by atoms with E-state index in [-0.39, 0.29) is 29.6 Å². The highest BCUT2D eigenvalue weighted by Crippen LogP contribution is 2.35. The number of nitrogens with zero attached hydrogens (tertiary/aromatic N) is 1. The molecule has 1 aliphatic rings. The predicted octanol–water partition coefficient (Wildman–Crippen LogP) is 5.54. The van der Waals surface area contributed by atoms with Gasteiger partial charge in [-0.05, 0) is 86.1 Å². The fourth-order valence-electron chi connectivity index (χ4n) is 3.39.